The van der Waals surface area contributed by atoms with Crippen LogP contribution < -0.4 is 5.30 Å². The smallest absolute Gasteiger partial charge is 0.159 e. The Morgan fingerprint density at radius 1 is 1.42 bits per heavy atom. The average Bonchev–Trinajstić information content (AvgIpc) is 2.04. The fourth-order valence-corrected chi connectivity index (χ4v) is 1.68. The van der Waals surface area contributed by atoms with Crippen LogP contribution in [0.2, 0.25) is 0 Å². The van der Waals surface area contributed by atoms with Gasteiger partial charge in [-0.15, -0.1) is 9.24 Å². The lowest BCUT2D eigenvalue weighted by molar-refractivity contribution is 1.21. The van der Waals surface area contributed by atoms with Crippen LogP contribution >= 0.6 is 9.24 Å². The van der Waals surface area contributed by atoms with E-state index in [4.69, 9.17) is 0 Å². The molecule has 1 unspecified atom stereocenters. The zero-order chi connectivity index (χ0) is 8.55. The molecule has 2 nitrogen and oxygen atoms in total. The van der Waals surface area contributed by atoms with Crippen LogP contribution in [-0.4, -0.2) is 9.97 Å². The second-order valence-corrected chi connectivity index (χ2v) is 3.35. The molecule has 2 rings (SSSR count). The predicted octanol–water partition coefficient (Wildman–Crippen LogP) is 1.44. The normalized spacial score (nSPS) is 10.5. The second-order valence-electron chi connectivity index (χ2n) is 2.73. The number of rotatable bonds is 0. The number of aryl methyl sites for hydroxylation is 1. The molecule has 0 N–H and O–H groups in total. The molecule has 1 atom stereocenters. The van der Waals surface area contributed by atoms with Crippen molar-refractivity contribution in [2.45, 2.75) is 6.92 Å². The van der Waals surface area contributed by atoms with Crippen molar-refractivity contribution in [3.05, 3.63) is 30.1 Å². The van der Waals surface area contributed by atoms with Crippen LogP contribution in [0, 0.1) is 6.92 Å². The molecule has 0 amide bonds. The van der Waals surface area contributed by atoms with Crippen molar-refractivity contribution >= 4 is 25.6 Å². The van der Waals surface area contributed by atoms with Gasteiger partial charge in [-0.2, -0.15) is 0 Å². The number of aromatic nitrogens is 2. The molecular weight excluding hydrogens is 167 g/mol. The summed E-state index contributed by atoms with van der Waals surface area (Å²) in [6.07, 6.45) is 1.76. The van der Waals surface area contributed by atoms with E-state index < -0.39 is 0 Å². The average molecular weight is 176 g/mol. The molecule has 60 valence electrons. The van der Waals surface area contributed by atoms with Crippen molar-refractivity contribution in [1.82, 2.24) is 9.97 Å². The van der Waals surface area contributed by atoms with Gasteiger partial charge in [0.1, 0.15) is 0 Å². The molecule has 0 aromatic carbocycles. The van der Waals surface area contributed by atoms with Crippen LogP contribution in [0.15, 0.2) is 24.4 Å². The van der Waals surface area contributed by atoms with Crippen molar-refractivity contribution in [2.75, 3.05) is 0 Å². The molecule has 12 heavy (non-hydrogen) atoms. The van der Waals surface area contributed by atoms with Gasteiger partial charge in [0.15, 0.2) is 5.65 Å². The van der Waals surface area contributed by atoms with Crippen LogP contribution in [0.3, 0.4) is 0 Å². The Bertz CT molecular complexity index is 426. The van der Waals surface area contributed by atoms with E-state index in [1.165, 1.54) is 0 Å². The van der Waals surface area contributed by atoms with E-state index in [1.807, 2.05) is 25.1 Å². The van der Waals surface area contributed by atoms with Crippen LogP contribution in [0.25, 0.3) is 11.0 Å². The summed E-state index contributed by atoms with van der Waals surface area (Å²) in [6, 6.07) is 5.98. The second kappa shape index (κ2) is 2.80. The Hall–Kier alpha value is -1.01. The molecular formula is C9H9N2P. The number of hydrogen-bond donors (Lipinski definition) is 0. The molecule has 0 saturated heterocycles. The van der Waals surface area contributed by atoms with E-state index in [2.05, 4.69) is 19.2 Å². The van der Waals surface area contributed by atoms with Gasteiger partial charge in [0.25, 0.3) is 0 Å². The van der Waals surface area contributed by atoms with Gasteiger partial charge in [0.05, 0.1) is 0 Å². The Kier molecular flexibility index (Phi) is 1.78. The zero-order valence-corrected chi connectivity index (χ0v) is 7.94. The van der Waals surface area contributed by atoms with Crippen molar-refractivity contribution in [3.8, 4) is 0 Å². The van der Waals surface area contributed by atoms with Gasteiger partial charge in [0.2, 0.25) is 0 Å². The molecule has 2 heterocycles. The maximum absolute atomic E-state index is 4.31. The third-order valence-corrected chi connectivity index (χ3v) is 2.22. The summed E-state index contributed by atoms with van der Waals surface area (Å²) in [5, 5.41) is 2.26. The van der Waals surface area contributed by atoms with Crippen LogP contribution in [0.4, 0.5) is 0 Å². The highest BCUT2D eigenvalue weighted by atomic mass is 31.0. The molecule has 2 aromatic heterocycles. The minimum atomic E-state index is 0.822. The molecule has 0 saturated carbocycles. The van der Waals surface area contributed by atoms with E-state index >= 15 is 0 Å². The lowest BCUT2D eigenvalue weighted by atomic mass is 10.2. The first-order valence-electron chi connectivity index (χ1n) is 3.75. The molecule has 0 spiro atoms. The van der Waals surface area contributed by atoms with Gasteiger partial charge >= 0.3 is 0 Å². The molecule has 2 aromatic rings. The molecule has 3 heteroatoms. The molecule has 0 aliphatic carbocycles. The van der Waals surface area contributed by atoms with Crippen molar-refractivity contribution in [3.63, 3.8) is 0 Å². The first-order chi connectivity index (χ1) is 5.77. The van der Waals surface area contributed by atoms with Crippen molar-refractivity contribution in [1.29, 1.82) is 0 Å². The number of pyridine rings is 2. The minimum Gasteiger partial charge on any atom is -0.237 e. The van der Waals surface area contributed by atoms with E-state index in [0.717, 1.165) is 22.0 Å². The summed E-state index contributed by atoms with van der Waals surface area (Å²) < 4.78 is 0. The number of nitrogens with zero attached hydrogens (tertiary/aromatic N) is 2. The monoisotopic (exact) mass is 176 g/mol. The van der Waals surface area contributed by atoms with E-state index in [0.29, 0.717) is 0 Å². The first kappa shape index (κ1) is 7.63. The number of fused-ring (bicyclic) bond motifs is 1. The van der Waals surface area contributed by atoms with E-state index in [1.54, 1.807) is 6.20 Å². The third kappa shape index (κ3) is 1.19. The summed E-state index contributed by atoms with van der Waals surface area (Å²) in [4.78, 5) is 8.49. The summed E-state index contributed by atoms with van der Waals surface area (Å²) in [5.41, 5.74) is 1.83. The van der Waals surface area contributed by atoms with Crippen LogP contribution in [0.1, 0.15) is 5.69 Å². The van der Waals surface area contributed by atoms with Gasteiger partial charge in [-0.1, -0.05) is 0 Å². The maximum Gasteiger partial charge on any atom is 0.159 e. The summed E-state index contributed by atoms with van der Waals surface area (Å²) in [5.74, 6) is 0. The topological polar surface area (TPSA) is 25.8 Å². The Balaban J connectivity index is 2.89. The van der Waals surface area contributed by atoms with Gasteiger partial charge in [0, 0.05) is 17.3 Å². The number of hydrogen-bond acceptors (Lipinski definition) is 2. The Labute approximate surface area is 73.2 Å². The highest BCUT2D eigenvalue weighted by Gasteiger charge is 1.98. The zero-order valence-electron chi connectivity index (χ0n) is 6.78. The van der Waals surface area contributed by atoms with Crippen molar-refractivity contribution in [2.24, 2.45) is 0 Å². The Morgan fingerprint density at radius 3 is 3.08 bits per heavy atom. The molecule has 0 bridgehead atoms. The van der Waals surface area contributed by atoms with Crippen LogP contribution in [-0.2, 0) is 0 Å². The minimum absolute atomic E-state index is 0.822. The van der Waals surface area contributed by atoms with Crippen LogP contribution in [0.5, 0.6) is 0 Å². The van der Waals surface area contributed by atoms with E-state index in [9.17, 15) is 0 Å². The predicted molar refractivity (Wildman–Crippen MR) is 53.6 cm³/mol. The molecule has 0 aliphatic heterocycles. The van der Waals surface area contributed by atoms with Gasteiger partial charge < -0.3 is 0 Å². The summed E-state index contributed by atoms with van der Waals surface area (Å²) in [6.45, 7) is 1.97. The van der Waals surface area contributed by atoms with Gasteiger partial charge in [-0.3, -0.25) is 0 Å². The molecule has 0 aliphatic rings. The third-order valence-electron chi connectivity index (χ3n) is 1.74. The fourth-order valence-electron chi connectivity index (χ4n) is 1.21. The maximum atomic E-state index is 4.31. The SMILES string of the molecule is Cc1cc(P)c2cccnc2n1. The molecule has 0 fully saturated rings. The summed E-state index contributed by atoms with van der Waals surface area (Å²) in [7, 11) is 2.70. The standard InChI is InChI=1S/C9H9N2P/c1-6-5-8(12)7-3-2-4-10-9(7)11-6/h2-5H,12H2,1H3. The molecule has 0 radical (unpaired) electrons. The fraction of sp³-hybridized carbons (Fsp3) is 0.111. The quantitative estimate of drug-likeness (QED) is 0.567. The first-order valence-corrected chi connectivity index (χ1v) is 4.33. The Morgan fingerprint density at radius 2 is 2.25 bits per heavy atom. The lowest BCUT2D eigenvalue weighted by Gasteiger charge is -2.00. The highest BCUT2D eigenvalue weighted by molar-refractivity contribution is 7.28. The summed E-state index contributed by atoms with van der Waals surface area (Å²) >= 11 is 0. The highest BCUT2D eigenvalue weighted by Crippen LogP contribution is 2.08. The largest absolute Gasteiger partial charge is 0.237 e. The van der Waals surface area contributed by atoms with Gasteiger partial charge in [-0.25, -0.2) is 9.97 Å². The van der Waals surface area contributed by atoms with Gasteiger partial charge in [-0.05, 0) is 30.4 Å². The van der Waals surface area contributed by atoms with Crippen molar-refractivity contribution < 1.29 is 0 Å². The lowest BCUT2D eigenvalue weighted by Crippen LogP contribution is -1.98. The van der Waals surface area contributed by atoms with E-state index in [-0.39, 0.29) is 0 Å².